The van der Waals surface area contributed by atoms with Gasteiger partial charge < -0.3 is 20.1 Å². The predicted molar refractivity (Wildman–Crippen MR) is 98.6 cm³/mol. The van der Waals surface area contributed by atoms with Gasteiger partial charge in [0.15, 0.2) is 0 Å². The Labute approximate surface area is 149 Å². The molecule has 1 atom stereocenters. The number of aryl methyl sites for hydroxylation is 2. The SMILES string of the molecule is Cc1nn(C)c(N2CCOCC2)c1CNCc1ccc([C@@H](C)O)cc1. The molecule has 0 aliphatic carbocycles. The Morgan fingerprint density at radius 1 is 1.20 bits per heavy atom. The Hall–Kier alpha value is -1.89. The molecule has 6 nitrogen and oxygen atoms in total. The molecule has 2 heterocycles. The zero-order valence-electron chi connectivity index (χ0n) is 15.3. The maximum atomic E-state index is 9.59. The van der Waals surface area contributed by atoms with Crippen LogP contribution >= 0.6 is 0 Å². The third kappa shape index (κ3) is 4.21. The molecule has 2 N–H and O–H groups in total. The highest BCUT2D eigenvalue weighted by molar-refractivity contribution is 5.50. The summed E-state index contributed by atoms with van der Waals surface area (Å²) in [7, 11) is 2.01. The van der Waals surface area contributed by atoms with Crippen LogP contribution in [0.1, 0.15) is 35.4 Å². The number of rotatable bonds is 6. The van der Waals surface area contributed by atoms with Crippen molar-refractivity contribution in [1.82, 2.24) is 15.1 Å². The van der Waals surface area contributed by atoms with Gasteiger partial charge in [-0.3, -0.25) is 4.68 Å². The molecule has 0 spiro atoms. The first-order valence-corrected chi connectivity index (χ1v) is 8.89. The number of benzene rings is 1. The quantitative estimate of drug-likeness (QED) is 0.838. The molecule has 1 saturated heterocycles. The van der Waals surface area contributed by atoms with Crippen LogP contribution in [0.2, 0.25) is 0 Å². The molecule has 2 aromatic rings. The van der Waals surface area contributed by atoms with Crippen molar-refractivity contribution < 1.29 is 9.84 Å². The van der Waals surface area contributed by atoms with Crippen molar-refractivity contribution in [2.45, 2.75) is 33.0 Å². The average molecular weight is 344 g/mol. The summed E-state index contributed by atoms with van der Waals surface area (Å²) in [5.41, 5.74) is 4.48. The van der Waals surface area contributed by atoms with E-state index in [-0.39, 0.29) is 0 Å². The molecule has 25 heavy (non-hydrogen) atoms. The molecule has 0 unspecified atom stereocenters. The third-order valence-electron chi connectivity index (χ3n) is 4.72. The van der Waals surface area contributed by atoms with Crippen molar-refractivity contribution in [3.63, 3.8) is 0 Å². The summed E-state index contributed by atoms with van der Waals surface area (Å²) in [6.45, 7) is 8.78. The Balaban J connectivity index is 1.64. The van der Waals surface area contributed by atoms with Crippen LogP contribution in [0.4, 0.5) is 5.82 Å². The summed E-state index contributed by atoms with van der Waals surface area (Å²) in [5.74, 6) is 1.19. The lowest BCUT2D eigenvalue weighted by Crippen LogP contribution is -2.38. The van der Waals surface area contributed by atoms with Crippen molar-refractivity contribution >= 4 is 5.82 Å². The first kappa shape index (κ1) is 17.9. The fraction of sp³-hybridized carbons (Fsp3) is 0.526. The minimum Gasteiger partial charge on any atom is -0.389 e. The van der Waals surface area contributed by atoms with Crippen molar-refractivity contribution in [3.8, 4) is 0 Å². The summed E-state index contributed by atoms with van der Waals surface area (Å²) >= 11 is 0. The highest BCUT2D eigenvalue weighted by Gasteiger charge is 2.20. The first-order valence-electron chi connectivity index (χ1n) is 8.89. The van der Waals surface area contributed by atoms with E-state index in [0.717, 1.165) is 50.7 Å². The second-order valence-corrected chi connectivity index (χ2v) is 6.63. The minimum atomic E-state index is -0.420. The van der Waals surface area contributed by atoms with Crippen LogP contribution in [0.15, 0.2) is 24.3 Å². The predicted octanol–water partition coefficient (Wildman–Crippen LogP) is 1.91. The summed E-state index contributed by atoms with van der Waals surface area (Å²) < 4.78 is 7.45. The fourth-order valence-corrected chi connectivity index (χ4v) is 3.31. The van der Waals surface area contributed by atoms with Crippen LogP contribution in [0, 0.1) is 6.92 Å². The molecule has 1 aliphatic rings. The third-order valence-corrected chi connectivity index (χ3v) is 4.72. The Bertz CT molecular complexity index is 688. The van der Waals surface area contributed by atoms with Crippen LogP contribution in [-0.2, 0) is 24.9 Å². The highest BCUT2D eigenvalue weighted by atomic mass is 16.5. The summed E-state index contributed by atoms with van der Waals surface area (Å²) in [6.07, 6.45) is -0.420. The average Bonchev–Trinajstić information content (AvgIpc) is 2.89. The van der Waals surface area contributed by atoms with Gasteiger partial charge in [-0.2, -0.15) is 5.10 Å². The smallest absolute Gasteiger partial charge is 0.131 e. The lowest BCUT2D eigenvalue weighted by atomic mass is 10.1. The summed E-state index contributed by atoms with van der Waals surface area (Å²) in [5, 5.41) is 17.7. The van der Waals surface area contributed by atoms with E-state index in [4.69, 9.17) is 4.74 Å². The molecule has 0 saturated carbocycles. The molecule has 0 amide bonds. The van der Waals surface area contributed by atoms with E-state index in [1.807, 2.05) is 23.9 Å². The lowest BCUT2D eigenvalue weighted by molar-refractivity contribution is 0.122. The van der Waals surface area contributed by atoms with Crippen LogP contribution in [0.5, 0.6) is 0 Å². The first-order chi connectivity index (χ1) is 12.1. The van der Waals surface area contributed by atoms with Gasteiger partial charge in [0.05, 0.1) is 25.0 Å². The van der Waals surface area contributed by atoms with Crippen molar-refractivity contribution in [2.24, 2.45) is 7.05 Å². The van der Waals surface area contributed by atoms with E-state index in [2.05, 4.69) is 34.4 Å². The van der Waals surface area contributed by atoms with Gasteiger partial charge in [-0.25, -0.2) is 0 Å². The van der Waals surface area contributed by atoms with Crippen LogP contribution in [0.25, 0.3) is 0 Å². The number of aliphatic hydroxyl groups is 1. The highest BCUT2D eigenvalue weighted by Crippen LogP contribution is 2.24. The van der Waals surface area contributed by atoms with Crippen LogP contribution in [-0.4, -0.2) is 41.2 Å². The van der Waals surface area contributed by atoms with Crippen molar-refractivity contribution in [1.29, 1.82) is 0 Å². The fourth-order valence-electron chi connectivity index (χ4n) is 3.31. The second-order valence-electron chi connectivity index (χ2n) is 6.63. The molecular formula is C19H28N4O2. The zero-order chi connectivity index (χ0) is 17.8. The van der Waals surface area contributed by atoms with Gasteiger partial charge in [-0.05, 0) is 25.0 Å². The molecular weight excluding hydrogens is 316 g/mol. The van der Waals surface area contributed by atoms with Crippen LogP contribution < -0.4 is 10.2 Å². The van der Waals surface area contributed by atoms with Gasteiger partial charge >= 0.3 is 0 Å². The molecule has 136 valence electrons. The van der Waals surface area contributed by atoms with E-state index < -0.39 is 6.10 Å². The molecule has 1 aliphatic heterocycles. The summed E-state index contributed by atoms with van der Waals surface area (Å²) in [6, 6.07) is 8.09. The minimum absolute atomic E-state index is 0.420. The normalized spacial score (nSPS) is 16.2. The van der Waals surface area contributed by atoms with Gasteiger partial charge in [0, 0.05) is 38.8 Å². The van der Waals surface area contributed by atoms with Gasteiger partial charge in [0.1, 0.15) is 5.82 Å². The lowest BCUT2D eigenvalue weighted by Gasteiger charge is -2.29. The summed E-state index contributed by atoms with van der Waals surface area (Å²) in [4.78, 5) is 2.36. The molecule has 3 rings (SSSR count). The van der Waals surface area contributed by atoms with Gasteiger partial charge in [0.2, 0.25) is 0 Å². The monoisotopic (exact) mass is 344 g/mol. The van der Waals surface area contributed by atoms with E-state index in [0.29, 0.717) is 0 Å². The van der Waals surface area contributed by atoms with Crippen molar-refractivity contribution in [2.75, 3.05) is 31.2 Å². The number of hydrogen-bond acceptors (Lipinski definition) is 5. The van der Waals surface area contributed by atoms with Crippen LogP contribution in [0.3, 0.4) is 0 Å². The number of hydrogen-bond donors (Lipinski definition) is 2. The number of morpholine rings is 1. The molecule has 1 aromatic carbocycles. The molecule has 1 fully saturated rings. The number of nitrogens with zero attached hydrogens (tertiary/aromatic N) is 3. The largest absolute Gasteiger partial charge is 0.389 e. The maximum Gasteiger partial charge on any atom is 0.131 e. The molecule has 6 heteroatoms. The van der Waals surface area contributed by atoms with Gasteiger partial charge in [0.25, 0.3) is 0 Å². The van der Waals surface area contributed by atoms with Crippen molar-refractivity contribution in [3.05, 3.63) is 46.6 Å². The zero-order valence-corrected chi connectivity index (χ0v) is 15.3. The number of nitrogens with one attached hydrogen (secondary N) is 1. The maximum absolute atomic E-state index is 9.59. The van der Waals surface area contributed by atoms with E-state index in [1.165, 1.54) is 16.9 Å². The topological polar surface area (TPSA) is 62.5 Å². The Morgan fingerprint density at radius 2 is 1.88 bits per heavy atom. The standard InChI is InChI=1S/C19H28N4O2/c1-14-18(19(22(3)21-14)23-8-10-25-11-9-23)13-20-12-16-4-6-17(7-5-16)15(2)24/h4-7,15,20,24H,8-13H2,1-3H3/t15-/m1/s1. The number of anilines is 1. The number of ether oxygens (including phenoxy) is 1. The molecule has 0 radical (unpaired) electrons. The van der Waals surface area contributed by atoms with Gasteiger partial charge in [-0.15, -0.1) is 0 Å². The molecule has 1 aromatic heterocycles. The molecule has 0 bridgehead atoms. The Kier molecular flexibility index (Phi) is 5.73. The number of aromatic nitrogens is 2. The number of aliphatic hydroxyl groups excluding tert-OH is 1. The van der Waals surface area contributed by atoms with E-state index >= 15 is 0 Å². The van der Waals surface area contributed by atoms with E-state index in [9.17, 15) is 5.11 Å². The Morgan fingerprint density at radius 3 is 2.52 bits per heavy atom. The van der Waals surface area contributed by atoms with E-state index in [1.54, 1.807) is 6.92 Å². The second kappa shape index (κ2) is 7.99. The van der Waals surface area contributed by atoms with Gasteiger partial charge in [-0.1, -0.05) is 24.3 Å².